The van der Waals surface area contributed by atoms with Gasteiger partial charge in [-0.25, -0.2) is 4.98 Å². The molecule has 1 amide bonds. The first kappa shape index (κ1) is 16.1. The van der Waals surface area contributed by atoms with Gasteiger partial charge in [0.25, 0.3) is 0 Å². The molecule has 1 saturated heterocycles. The fourth-order valence-corrected chi connectivity index (χ4v) is 3.58. The Balaban J connectivity index is 1.33. The van der Waals surface area contributed by atoms with Crippen LogP contribution in [0, 0.1) is 0 Å². The van der Waals surface area contributed by atoms with Gasteiger partial charge in [0.1, 0.15) is 12.4 Å². The zero-order valence-electron chi connectivity index (χ0n) is 13.7. The first-order valence-corrected chi connectivity index (χ1v) is 9.19. The normalized spacial score (nSPS) is 17.0. The van der Waals surface area contributed by atoms with E-state index in [1.807, 2.05) is 46.4 Å². The minimum absolute atomic E-state index is 0.0953. The molecule has 1 N–H and O–H groups in total. The molecular formula is C18H19N3O3S. The number of amides is 1. The van der Waals surface area contributed by atoms with Gasteiger partial charge in [0.05, 0.1) is 18.2 Å². The van der Waals surface area contributed by atoms with Crippen LogP contribution >= 0.6 is 11.3 Å². The van der Waals surface area contributed by atoms with Gasteiger partial charge < -0.3 is 14.8 Å². The maximum Gasteiger partial charge on any atom is 0.230 e. The zero-order valence-corrected chi connectivity index (χ0v) is 14.5. The highest BCUT2D eigenvalue weighted by Crippen LogP contribution is 2.20. The average Bonchev–Trinajstić information content (AvgIpc) is 3.30. The van der Waals surface area contributed by atoms with Crippen LogP contribution in [0.1, 0.15) is 18.5 Å². The minimum Gasteiger partial charge on any atom is -0.491 e. The summed E-state index contributed by atoms with van der Waals surface area (Å²) in [5.41, 5.74) is 1.48. The molecule has 1 aliphatic rings. The van der Waals surface area contributed by atoms with Crippen LogP contribution in [0.4, 0.5) is 5.69 Å². The Bertz CT molecular complexity index is 839. The summed E-state index contributed by atoms with van der Waals surface area (Å²) in [6.45, 7) is 1.36. The summed E-state index contributed by atoms with van der Waals surface area (Å²) in [4.78, 5) is 17.6. The van der Waals surface area contributed by atoms with Gasteiger partial charge in [0.15, 0.2) is 4.96 Å². The zero-order chi connectivity index (χ0) is 17.1. The van der Waals surface area contributed by atoms with Crippen LogP contribution in [0.5, 0.6) is 5.75 Å². The van der Waals surface area contributed by atoms with Gasteiger partial charge in [-0.1, -0.05) is 6.07 Å². The summed E-state index contributed by atoms with van der Waals surface area (Å²) >= 11 is 1.55. The monoisotopic (exact) mass is 357 g/mol. The van der Waals surface area contributed by atoms with E-state index in [0.717, 1.165) is 41.5 Å². The number of fused-ring (bicyclic) bond motifs is 1. The molecule has 6 nitrogen and oxygen atoms in total. The van der Waals surface area contributed by atoms with E-state index in [9.17, 15) is 4.79 Å². The molecule has 2 aromatic heterocycles. The summed E-state index contributed by atoms with van der Waals surface area (Å²) in [5.74, 6) is 0.637. The van der Waals surface area contributed by atoms with Crippen molar-refractivity contribution >= 4 is 27.9 Å². The number of thiazole rings is 1. The van der Waals surface area contributed by atoms with Crippen LogP contribution < -0.4 is 10.1 Å². The Morgan fingerprint density at radius 2 is 2.44 bits per heavy atom. The van der Waals surface area contributed by atoms with Crippen LogP contribution in [-0.2, 0) is 16.0 Å². The first-order valence-electron chi connectivity index (χ1n) is 8.32. The van der Waals surface area contributed by atoms with Crippen LogP contribution in [0.25, 0.3) is 4.96 Å². The fourth-order valence-electron chi connectivity index (χ4n) is 2.86. The van der Waals surface area contributed by atoms with Gasteiger partial charge in [-0.2, -0.15) is 0 Å². The van der Waals surface area contributed by atoms with E-state index >= 15 is 0 Å². The number of ether oxygens (including phenoxy) is 2. The number of nitrogens with zero attached hydrogens (tertiary/aromatic N) is 2. The lowest BCUT2D eigenvalue weighted by molar-refractivity contribution is -0.115. The lowest BCUT2D eigenvalue weighted by atomic mass is 10.2. The van der Waals surface area contributed by atoms with Crippen LogP contribution in [0.15, 0.2) is 42.0 Å². The van der Waals surface area contributed by atoms with E-state index in [0.29, 0.717) is 6.61 Å². The van der Waals surface area contributed by atoms with Crippen molar-refractivity contribution in [2.45, 2.75) is 25.4 Å². The van der Waals surface area contributed by atoms with Crippen molar-refractivity contribution in [2.24, 2.45) is 0 Å². The van der Waals surface area contributed by atoms with Crippen molar-refractivity contribution < 1.29 is 14.3 Å². The quantitative estimate of drug-likeness (QED) is 0.736. The Morgan fingerprint density at radius 3 is 3.28 bits per heavy atom. The van der Waals surface area contributed by atoms with Gasteiger partial charge in [-0.05, 0) is 25.0 Å². The van der Waals surface area contributed by atoms with Crippen molar-refractivity contribution in [3.8, 4) is 5.75 Å². The molecule has 0 bridgehead atoms. The first-order chi connectivity index (χ1) is 12.3. The smallest absolute Gasteiger partial charge is 0.230 e. The number of carbonyl (C=O) groups is 1. The molecule has 1 fully saturated rings. The number of benzene rings is 1. The predicted octanol–water partition coefficient (Wildman–Crippen LogP) is 3.13. The molecule has 0 aliphatic carbocycles. The Kier molecular flexibility index (Phi) is 4.67. The molecule has 0 radical (unpaired) electrons. The van der Waals surface area contributed by atoms with Gasteiger partial charge >= 0.3 is 0 Å². The van der Waals surface area contributed by atoms with Crippen LogP contribution in [0.2, 0.25) is 0 Å². The number of rotatable bonds is 6. The molecule has 0 saturated carbocycles. The number of aromatic nitrogens is 2. The summed E-state index contributed by atoms with van der Waals surface area (Å²) in [5, 5.41) is 4.87. The number of imidazole rings is 1. The number of anilines is 1. The van der Waals surface area contributed by atoms with Crippen molar-refractivity contribution in [1.82, 2.24) is 9.38 Å². The Morgan fingerprint density at radius 1 is 1.48 bits per heavy atom. The van der Waals surface area contributed by atoms with Gasteiger partial charge in [0, 0.05) is 36.1 Å². The molecule has 7 heteroatoms. The third kappa shape index (κ3) is 4.00. The lowest BCUT2D eigenvalue weighted by Crippen LogP contribution is -2.17. The molecule has 0 spiro atoms. The fraction of sp³-hybridized carbons (Fsp3) is 0.333. The van der Waals surface area contributed by atoms with Gasteiger partial charge in [0.2, 0.25) is 5.91 Å². The summed E-state index contributed by atoms with van der Waals surface area (Å²) in [7, 11) is 0. The third-order valence-electron chi connectivity index (χ3n) is 4.06. The Labute approximate surface area is 149 Å². The average molecular weight is 357 g/mol. The lowest BCUT2D eigenvalue weighted by Gasteiger charge is -2.12. The Hall–Kier alpha value is -2.38. The number of hydrogen-bond acceptors (Lipinski definition) is 5. The second kappa shape index (κ2) is 7.25. The second-order valence-corrected chi connectivity index (χ2v) is 6.90. The SMILES string of the molecule is O=C(Cc1cn2ccsc2n1)Nc1cccc(OC[C@H]2CCCO2)c1. The van der Waals surface area contributed by atoms with Crippen LogP contribution in [-0.4, -0.2) is 34.6 Å². The van der Waals surface area contributed by atoms with Crippen molar-refractivity contribution in [3.05, 3.63) is 47.7 Å². The molecule has 25 heavy (non-hydrogen) atoms. The van der Waals surface area contributed by atoms with E-state index in [2.05, 4.69) is 10.3 Å². The third-order valence-corrected chi connectivity index (χ3v) is 4.83. The highest BCUT2D eigenvalue weighted by atomic mass is 32.1. The van der Waals surface area contributed by atoms with Crippen LogP contribution in [0.3, 0.4) is 0 Å². The van der Waals surface area contributed by atoms with Gasteiger partial charge in [-0.15, -0.1) is 11.3 Å². The van der Waals surface area contributed by atoms with Crippen molar-refractivity contribution in [2.75, 3.05) is 18.5 Å². The molecule has 3 aromatic rings. The molecule has 4 rings (SSSR count). The van der Waals surface area contributed by atoms with E-state index in [1.54, 1.807) is 11.3 Å². The topological polar surface area (TPSA) is 64.9 Å². The number of nitrogens with one attached hydrogen (secondary N) is 1. The molecular weight excluding hydrogens is 338 g/mol. The van der Waals surface area contributed by atoms with E-state index in [4.69, 9.17) is 9.47 Å². The van der Waals surface area contributed by atoms with E-state index in [1.165, 1.54) is 0 Å². The second-order valence-electron chi connectivity index (χ2n) is 6.02. The molecule has 130 valence electrons. The molecule has 3 heterocycles. The van der Waals surface area contributed by atoms with E-state index in [-0.39, 0.29) is 18.4 Å². The summed E-state index contributed by atoms with van der Waals surface area (Å²) < 4.78 is 13.2. The molecule has 1 aliphatic heterocycles. The maximum atomic E-state index is 12.2. The standard InChI is InChI=1S/C18H19N3O3S/c22-17(10-14-11-21-6-8-25-18(21)20-14)19-13-3-1-4-15(9-13)24-12-16-5-2-7-23-16/h1,3-4,6,8-9,11,16H,2,5,7,10,12H2,(H,19,22)/t16-/m1/s1. The minimum atomic E-state index is -0.0953. The summed E-state index contributed by atoms with van der Waals surface area (Å²) in [6.07, 6.45) is 6.37. The number of hydrogen-bond donors (Lipinski definition) is 1. The molecule has 1 aromatic carbocycles. The van der Waals surface area contributed by atoms with Gasteiger partial charge in [-0.3, -0.25) is 9.20 Å². The van der Waals surface area contributed by atoms with Crippen molar-refractivity contribution in [1.29, 1.82) is 0 Å². The largest absolute Gasteiger partial charge is 0.491 e. The highest BCUT2D eigenvalue weighted by Gasteiger charge is 2.16. The van der Waals surface area contributed by atoms with Crippen molar-refractivity contribution in [3.63, 3.8) is 0 Å². The molecule has 1 atom stereocenters. The molecule has 0 unspecified atom stereocenters. The van der Waals surface area contributed by atoms with E-state index < -0.39 is 0 Å². The summed E-state index contributed by atoms with van der Waals surface area (Å²) in [6, 6.07) is 7.43. The highest BCUT2D eigenvalue weighted by molar-refractivity contribution is 7.15. The predicted molar refractivity (Wildman–Crippen MR) is 96.3 cm³/mol. The maximum absolute atomic E-state index is 12.2. The number of carbonyl (C=O) groups excluding carboxylic acids is 1.